The van der Waals surface area contributed by atoms with Crippen molar-refractivity contribution in [2.45, 2.75) is 6.61 Å². The molecule has 0 aromatic heterocycles. The van der Waals surface area contributed by atoms with E-state index in [9.17, 15) is 13.2 Å². The van der Waals surface area contributed by atoms with Gasteiger partial charge >= 0.3 is 6.61 Å². The first-order chi connectivity index (χ1) is 6.02. The van der Waals surface area contributed by atoms with E-state index in [1.165, 1.54) is 12.1 Å². The van der Waals surface area contributed by atoms with Gasteiger partial charge in [0.2, 0.25) is 0 Å². The first-order valence-electron chi connectivity index (χ1n) is 3.10. The fraction of sp³-hybridized carbons (Fsp3) is 0.143. The van der Waals surface area contributed by atoms with E-state index in [1.54, 1.807) is 0 Å². The summed E-state index contributed by atoms with van der Waals surface area (Å²) in [5.41, 5.74) is 0. The van der Waals surface area contributed by atoms with E-state index >= 15 is 0 Å². The summed E-state index contributed by atoms with van der Waals surface area (Å²) in [5, 5.41) is -0.194. The number of ether oxygens (including phenoxy) is 1. The summed E-state index contributed by atoms with van der Waals surface area (Å²) in [6, 6.07) is 2.56. The minimum atomic E-state index is -3.10. The van der Waals surface area contributed by atoms with E-state index in [-0.39, 0.29) is 9.50 Å². The Bertz CT molecular complexity index is 319. The van der Waals surface area contributed by atoms with Crippen LogP contribution in [0.2, 0.25) is 5.02 Å². The molecule has 13 heavy (non-hydrogen) atoms. The Morgan fingerprint density at radius 3 is 2.54 bits per heavy atom. The molecule has 0 aliphatic rings. The summed E-state index contributed by atoms with van der Waals surface area (Å²) in [4.78, 5) is 0. The first-order valence-corrected chi connectivity index (χ1v) is 4.27. The number of hydrogen-bond acceptors (Lipinski definition) is 1. The van der Waals surface area contributed by atoms with Gasteiger partial charge in [0, 0.05) is 0 Å². The lowest BCUT2D eigenvalue weighted by atomic mass is 10.3. The molecule has 0 saturated carbocycles. The maximum atomic E-state index is 13.0. The number of halogens is 5. The summed E-state index contributed by atoms with van der Waals surface area (Å²) >= 11 is 8.24. The van der Waals surface area contributed by atoms with Gasteiger partial charge < -0.3 is 4.74 Å². The van der Waals surface area contributed by atoms with Gasteiger partial charge in [-0.25, -0.2) is 4.39 Å². The van der Waals surface area contributed by atoms with Gasteiger partial charge in [-0.1, -0.05) is 11.6 Å². The van der Waals surface area contributed by atoms with Crippen molar-refractivity contribution in [3.63, 3.8) is 0 Å². The zero-order chi connectivity index (χ0) is 10.0. The van der Waals surface area contributed by atoms with Crippen LogP contribution in [-0.4, -0.2) is 6.61 Å². The molecule has 0 aliphatic carbocycles. The van der Waals surface area contributed by atoms with Gasteiger partial charge in [-0.2, -0.15) is 8.78 Å². The van der Waals surface area contributed by atoms with Gasteiger partial charge in [-0.15, -0.1) is 0 Å². The number of alkyl halides is 2. The molecule has 0 amide bonds. The van der Waals surface area contributed by atoms with Crippen LogP contribution in [0.1, 0.15) is 0 Å². The monoisotopic (exact) mass is 274 g/mol. The molecule has 0 spiro atoms. The Hall–Kier alpha value is -0.420. The fourth-order valence-corrected chi connectivity index (χ4v) is 1.21. The van der Waals surface area contributed by atoms with Crippen LogP contribution in [0.5, 0.6) is 5.75 Å². The molecular formula is C7H3BrClF3O. The molecule has 72 valence electrons. The molecule has 0 fully saturated rings. The van der Waals surface area contributed by atoms with E-state index in [1.807, 2.05) is 0 Å². The summed E-state index contributed by atoms with van der Waals surface area (Å²) in [5.74, 6) is -1.58. The fourth-order valence-electron chi connectivity index (χ4n) is 0.706. The van der Waals surface area contributed by atoms with Gasteiger partial charge in [0.25, 0.3) is 0 Å². The third kappa shape index (κ3) is 2.51. The highest BCUT2D eigenvalue weighted by atomic mass is 79.9. The van der Waals surface area contributed by atoms with Gasteiger partial charge in [-0.3, -0.25) is 0 Å². The van der Waals surface area contributed by atoms with Crippen molar-refractivity contribution >= 4 is 27.5 Å². The van der Waals surface area contributed by atoms with Crippen LogP contribution in [0.15, 0.2) is 16.6 Å². The topological polar surface area (TPSA) is 9.23 Å². The van der Waals surface area contributed by atoms with Crippen LogP contribution >= 0.6 is 27.5 Å². The molecule has 0 saturated heterocycles. The van der Waals surface area contributed by atoms with Crippen LogP contribution in [0.3, 0.4) is 0 Å². The highest BCUT2D eigenvalue weighted by Crippen LogP contribution is 2.33. The Kier molecular flexibility index (Phi) is 3.44. The Balaban J connectivity index is 3.10. The minimum Gasteiger partial charge on any atom is -0.430 e. The molecule has 0 bridgehead atoms. The van der Waals surface area contributed by atoms with Crippen molar-refractivity contribution in [1.82, 2.24) is 0 Å². The predicted octanol–water partition coefficient (Wildman–Crippen LogP) is 3.84. The summed E-state index contributed by atoms with van der Waals surface area (Å²) in [6.07, 6.45) is 0. The number of hydrogen-bond donors (Lipinski definition) is 0. The standard InChI is InChI=1S/C7H3BrClF3O/c8-3-1-2-4(9)6(5(3)10)13-7(11)12/h1-2,7H. The smallest absolute Gasteiger partial charge is 0.387 e. The maximum Gasteiger partial charge on any atom is 0.387 e. The lowest BCUT2D eigenvalue weighted by molar-refractivity contribution is -0.0521. The highest BCUT2D eigenvalue weighted by molar-refractivity contribution is 9.10. The SMILES string of the molecule is Fc1c(Br)ccc(Cl)c1OC(F)F. The van der Waals surface area contributed by atoms with Crippen LogP contribution in [0, 0.1) is 5.82 Å². The van der Waals surface area contributed by atoms with E-state index in [0.29, 0.717) is 0 Å². The van der Waals surface area contributed by atoms with E-state index in [2.05, 4.69) is 20.7 Å². The van der Waals surface area contributed by atoms with Crippen molar-refractivity contribution in [2.75, 3.05) is 0 Å². The Labute approximate surface area is 85.6 Å². The van der Waals surface area contributed by atoms with Gasteiger partial charge in [0.1, 0.15) is 0 Å². The van der Waals surface area contributed by atoms with Gasteiger partial charge in [0.15, 0.2) is 11.6 Å². The van der Waals surface area contributed by atoms with Gasteiger partial charge in [-0.05, 0) is 28.1 Å². The first kappa shape index (κ1) is 10.7. The molecule has 1 aromatic rings. The molecule has 0 unspecified atom stereocenters. The molecule has 0 aliphatic heterocycles. The lowest BCUT2D eigenvalue weighted by Gasteiger charge is -2.07. The summed E-state index contributed by atoms with van der Waals surface area (Å²) in [6.45, 7) is -3.10. The van der Waals surface area contributed by atoms with Crippen LogP contribution < -0.4 is 4.74 Å². The van der Waals surface area contributed by atoms with E-state index in [4.69, 9.17) is 11.6 Å². The van der Waals surface area contributed by atoms with E-state index in [0.717, 1.165) is 0 Å². The van der Waals surface area contributed by atoms with E-state index < -0.39 is 18.2 Å². The third-order valence-corrected chi connectivity index (χ3v) is 2.12. The zero-order valence-electron chi connectivity index (χ0n) is 6.03. The predicted molar refractivity (Wildman–Crippen MR) is 45.7 cm³/mol. The van der Waals surface area contributed by atoms with Crippen LogP contribution in [-0.2, 0) is 0 Å². The van der Waals surface area contributed by atoms with Crippen molar-refractivity contribution in [1.29, 1.82) is 0 Å². The highest BCUT2D eigenvalue weighted by Gasteiger charge is 2.16. The van der Waals surface area contributed by atoms with Crippen LogP contribution in [0.4, 0.5) is 13.2 Å². The molecule has 0 radical (unpaired) electrons. The summed E-state index contributed by atoms with van der Waals surface area (Å²) < 4.78 is 40.4. The zero-order valence-corrected chi connectivity index (χ0v) is 8.37. The van der Waals surface area contributed by atoms with Crippen molar-refractivity contribution in [2.24, 2.45) is 0 Å². The summed E-state index contributed by atoms with van der Waals surface area (Å²) in [7, 11) is 0. The largest absolute Gasteiger partial charge is 0.430 e. The quantitative estimate of drug-likeness (QED) is 0.745. The average Bonchev–Trinajstić information content (AvgIpc) is 2.05. The Morgan fingerprint density at radius 1 is 1.38 bits per heavy atom. The van der Waals surface area contributed by atoms with Crippen LogP contribution in [0.25, 0.3) is 0 Å². The molecule has 1 rings (SSSR count). The second-order valence-corrected chi connectivity index (χ2v) is 3.31. The Morgan fingerprint density at radius 2 is 2.00 bits per heavy atom. The lowest BCUT2D eigenvalue weighted by Crippen LogP contribution is -2.04. The molecular weight excluding hydrogens is 272 g/mol. The number of benzene rings is 1. The van der Waals surface area contributed by atoms with Crippen molar-refractivity contribution in [3.05, 3.63) is 27.4 Å². The normalized spacial score (nSPS) is 10.6. The average molecular weight is 275 g/mol. The molecule has 1 nitrogen and oxygen atoms in total. The molecule has 0 atom stereocenters. The molecule has 0 heterocycles. The minimum absolute atomic E-state index is 0.0209. The molecule has 0 N–H and O–H groups in total. The van der Waals surface area contributed by atoms with Gasteiger partial charge in [0.05, 0.1) is 9.50 Å². The second kappa shape index (κ2) is 4.19. The van der Waals surface area contributed by atoms with Crippen molar-refractivity contribution < 1.29 is 17.9 Å². The molecule has 6 heteroatoms. The number of rotatable bonds is 2. The van der Waals surface area contributed by atoms with Crippen molar-refractivity contribution in [3.8, 4) is 5.75 Å². The maximum absolute atomic E-state index is 13.0. The third-order valence-electron chi connectivity index (χ3n) is 1.21. The molecule has 1 aromatic carbocycles. The second-order valence-electron chi connectivity index (χ2n) is 2.05.